The highest BCUT2D eigenvalue weighted by Gasteiger charge is 2.35. The smallest absolute Gasteiger partial charge is 0.256 e. The van der Waals surface area contributed by atoms with Crippen molar-refractivity contribution >= 4 is 22.2 Å². The van der Waals surface area contributed by atoms with Gasteiger partial charge in [-0.1, -0.05) is 12.1 Å². The van der Waals surface area contributed by atoms with Crippen molar-refractivity contribution in [1.29, 1.82) is 5.26 Å². The van der Waals surface area contributed by atoms with Crippen LogP contribution in [0.5, 0.6) is 5.75 Å². The molecule has 1 atom stereocenters. The summed E-state index contributed by atoms with van der Waals surface area (Å²) >= 11 is 1.51. The molecule has 0 saturated carbocycles. The third-order valence-corrected chi connectivity index (χ3v) is 5.33. The zero-order valence-electron chi connectivity index (χ0n) is 12.8. The molecule has 3 aromatic rings. The number of nitrogens with zero attached hydrogens (tertiary/aromatic N) is 1. The lowest BCUT2D eigenvalue weighted by molar-refractivity contribution is 0.397. The average Bonchev–Trinajstić information content (AvgIpc) is 2.99. The van der Waals surface area contributed by atoms with Crippen molar-refractivity contribution in [1.82, 2.24) is 4.98 Å². The Hall–Kier alpha value is -3.04. The molecule has 1 unspecified atom stereocenters. The van der Waals surface area contributed by atoms with Crippen molar-refractivity contribution in [2.75, 3.05) is 0 Å². The number of aromatic amines is 1. The fourth-order valence-corrected chi connectivity index (χ4v) is 4.16. The van der Waals surface area contributed by atoms with Crippen LogP contribution in [-0.2, 0) is 0 Å². The summed E-state index contributed by atoms with van der Waals surface area (Å²) in [5.41, 5.74) is 8.16. The van der Waals surface area contributed by atoms with Gasteiger partial charge in [-0.05, 0) is 36.1 Å². The number of nitrogens with two attached hydrogens (primary N) is 1. The summed E-state index contributed by atoms with van der Waals surface area (Å²) < 4.78 is 5.72. The lowest BCUT2D eigenvalue weighted by Gasteiger charge is -2.26. The number of para-hydroxylation sites is 1. The summed E-state index contributed by atoms with van der Waals surface area (Å²) in [4.78, 5) is 16.6. The van der Waals surface area contributed by atoms with Gasteiger partial charge in [0, 0.05) is 10.3 Å². The van der Waals surface area contributed by atoms with E-state index in [1.54, 1.807) is 0 Å². The summed E-state index contributed by atoms with van der Waals surface area (Å²) in [5.74, 6) is -0.0192. The number of benzene rings is 1. The van der Waals surface area contributed by atoms with E-state index in [9.17, 15) is 10.1 Å². The van der Waals surface area contributed by atoms with Crippen molar-refractivity contribution in [3.8, 4) is 11.8 Å². The van der Waals surface area contributed by atoms with Gasteiger partial charge in [0.25, 0.3) is 5.56 Å². The fraction of sp³-hybridized carbons (Fsp3) is 0.111. The summed E-state index contributed by atoms with van der Waals surface area (Å²) in [6, 6.07) is 11.5. The van der Waals surface area contributed by atoms with Crippen molar-refractivity contribution in [2.24, 2.45) is 5.73 Å². The van der Waals surface area contributed by atoms with Crippen LogP contribution in [0, 0.1) is 18.3 Å². The minimum Gasteiger partial charge on any atom is -0.439 e. The third kappa shape index (κ3) is 1.95. The van der Waals surface area contributed by atoms with Crippen molar-refractivity contribution < 1.29 is 4.74 Å². The van der Waals surface area contributed by atoms with E-state index in [1.165, 1.54) is 11.3 Å². The Balaban J connectivity index is 2.12. The van der Waals surface area contributed by atoms with E-state index in [-0.39, 0.29) is 17.0 Å². The highest BCUT2D eigenvalue weighted by atomic mass is 32.1. The molecule has 0 spiro atoms. The maximum atomic E-state index is 12.8. The maximum Gasteiger partial charge on any atom is 0.256 e. The van der Waals surface area contributed by atoms with Crippen LogP contribution in [0.3, 0.4) is 0 Å². The van der Waals surface area contributed by atoms with Crippen LogP contribution in [0.1, 0.15) is 21.9 Å². The number of thiophene rings is 1. The first kappa shape index (κ1) is 14.5. The molecule has 1 aromatic carbocycles. The zero-order valence-corrected chi connectivity index (χ0v) is 13.6. The number of fused-ring (bicyclic) bond motifs is 3. The number of ether oxygens (including phenoxy) is 1. The van der Waals surface area contributed by atoms with E-state index < -0.39 is 5.92 Å². The van der Waals surface area contributed by atoms with Crippen LogP contribution in [0.2, 0.25) is 0 Å². The number of hydrogen-bond donors (Lipinski definition) is 2. The van der Waals surface area contributed by atoms with E-state index in [2.05, 4.69) is 11.1 Å². The van der Waals surface area contributed by atoms with Gasteiger partial charge < -0.3 is 15.5 Å². The highest BCUT2D eigenvalue weighted by Crippen LogP contribution is 2.45. The van der Waals surface area contributed by atoms with Gasteiger partial charge in [0.15, 0.2) is 0 Å². The van der Waals surface area contributed by atoms with Crippen LogP contribution in [-0.4, -0.2) is 4.98 Å². The molecular formula is C18H13N3O2S. The van der Waals surface area contributed by atoms with Crippen LogP contribution < -0.4 is 16.0 Å². The number of H-pyrrole nitrogens is 1. The lowest BCUT2D eigenvalue weighted by Crippen LogP contribution is -2.27. The molecule has 0 bridgehead atoms. The van der Waals surface area contributed by atoms with E-state index >= 15 is 0 Å². The molecule has 24 heavy (non-hydrogen) atoms. The van der Waals surface area contributed by atoms with Gasteiger partial charge in [0.2, 0.25) is 5.88 Å². The Morgan fingerprint density at radius 1 is 1.33 bits per heavy atom. The van der Waals surface area contributed by atoms with Crippen LogP contribution in [0.15, 0.2) is 52.0 Å². The summed E-state index contributed by atoms with van der Waals surface area (Å²) in [7, 11) is 0. The van der Waals surface area contributed by atoms with Crippen molar-refractivity contribution in [3.05, 3.63) is 73.5 Å². The Kier molecular flexibility index (Phi) is 3.18. The molecule has 0 saturated heterocycles. The van der Waals surface area contributed by atoms with Crippen molar-refractivity contribution in [3.63, 3.8) is 0 Å². The molecule has 3 heterocycles. The summed E-state index contributed by atoms with van der Waals surface area (Å²) in [6.07, 6.45) is 0. The monoisotopic (exact) mass is 335 g/mol. The average molecular weight is 335 g/mol. The van der Waals surface area contributed by atoms with Crippen LogP contribution in [0.4, 0.5) is 0 Å². The second-order valence-corrected chi connectivity index (χ2v) is 6.58. The molecule has 4 rings (SSSR count). The Morgan fingerprint density at radius 2 is 2.12 bits per heavy atom. The number of hydrogen-bond acceptors (Lipinski definition) is 5. The molecule has 0 aliphatic carbocycles. The first-order valence-corrected chi connectivity index (χ1v) is 8.26. The molecule has 1 aliphatic rings. The molecule has 0 amide bonds. The largest absolute Gasteiger partial charge is 0.439 e. The first-order valence-electron chi connectivity index (χ1n) is 7.38. The number of aromatic nitrogens is 1. The predicted octanol–water partition coefficient (Wildman–Crippen LogP) is 3.12. The first-order chi connectivity index (χ1) is 11.6. The van der Waals surface area contributed by atoms with Crippen molar-refractivity contribution in [2.45, 2.75) is 12.8 Å². The number of nitrogens with one attached hydrogen (secondary N) is 1. The van der Waals surface area contributed by atoms with Gasteiger partial charge in [0.05, 0.1) is 17.0 Å². The van der Waals surface area contributed by atoms with Gasteiger partial charge in [-0.2, -0.15) is 5.26 Å². The van der Waals surface area contributed by atoms with Crippen LogP contribution >= 0.6 is 11.3 Å². The maximum absolute atomic E-state index is 12.8. The Labute approximate surface area is 141 Å². The molecule has 1 aliphatic heterocycles. The second-order valence-electron chi connectivity index (χ2n) is 5.64. The molecule has 2 aromatic heterocycles. The molecule has 118 valence electrons. The number of nitriles is 1. The molecule has 5 nitrogen and oxygen atoms in total. The third-order valence-electron chi connectivity index (χ3n) is 4.25. The predicted molar refractivity (Wildman–Crippen MR) is 92.9 cm³/mol. The summed E-state index contributed by atoms with van der Waals surface area (Å²) in [5, 5.41) is 12.3. The normalized spacial score (nSPS) is 16.6. The number of rotatable bonds is 1. The zero-order chi connectivity index (χ0) is 16.8. The second kappa shape index (κ2) is 5.25. The number of aryl methyl sites for hydroxylation is 1. The van der Waals surface area contributed by atoms with Gasteiger partial charge in [-0.3, -0.25) is 4.79 Å². The Morgan fingerprint density at radius 3 is 2.83 bits per heavy atom. The standard InChI is InChI=1S/C18H13N3O2S/c1-9-6-7-24-16(9)13-11(8-19)17(20)23-15-10-4-2-3-5-12(10)21-18(22)14(13)15/h2-7,13H,20H2,1H3,(H,21,22). The van der Waals surface area contributed by atoms with Gasteiger partial charge >= 0.3 is 0 Å². The topological polar surface area (TPSA) is 91.9 Å². The quantitative estimate of drug-likeness (QED) is 0.715. The summed E-state index contributed by atoms with van der Waals surface area (Å²) in [6.45, 7) is 1.96. The minimum absolute atomic E-state index is 0.0542. The molecule has 0 radical (unpaired) electrons. The Bertz CT molecular complexity index is 1100. The molecular weight excluding hydrogens is 322 g/mol. The molecule has 6 heteroatoms. The van der Waals surface area contributed by atoms with Crippen LogP contribution in [0.25, 0.3) is 10.9 Å². The van der Waals surface area contributed by atoms with E-state index in [1.807, 2.05) is 42.6 Å². The van der Waals surface area contributed by atoms with E-state index in [0.29, 0.717) is 16.8 Å². The minimum atomic E-state index is -0.507. The lowest BCUT2D eigenvalue weighted by atomic mass is 9.86. The molecule has 0 fully saturated rings. The molecule has 3 N–H and O–H groups in total. The van der Waals surface area contributed by atoms with Gasteiger partial charge in [0.1, 0.15) is 17.4 Å². The van der Waals surface area contributed by atoms with E-state index in [4.69, 9.17) is 10.5 Å². The van der Waals surface area contributed by atoms with Gasteiger partial charge in [-0.25, -0.2) is 0 Å². The number of pyridine rings is 1. The number of allylic oxidation sites excluding steroid dienone is 1. The van der Waals surface area contributed by atoms with Gasteiger partial charge in [-0.15, -0.1) is 11.3 Å². The van der Waals surface area contributed by atoms with E-state index in [0.717, 1.165) is 15.8 Å². The fourth-order valence-electron chi connectivity index (χ4n) is 3.11. The highest BCUT2D eigenvalue weighted by molar-refractivity contribution is 7.10. The SMILES string of the molecule is Cc1ccsc1C1C(C#N)=C(N)Oc2c1c(=O)[nH]c1ccccc21.